The Morgan fingerprint density at radius 3 is 2.73 bits per heavy atom. The van der Waals surface area contributed by atoms with Crippen LogP contribution in [0.3, 0.4) is 0 Å². The van der Waals surface area contributed by atoms with E-state index < -0.39 is 0 Å². The molecule has 0 radical (unpaired) electrons. The Balaban J connectivity index is 2.04. The Bertz CT molecular complexity index is 853. The van der Waals surface area contributed by atoms with E-state index in [0.717, 1.165) is 42.3 Å². The number of hydrogen-bond acceptors (Lipinski definition) is 3. The molecule has 1 aliphatic rings. The molecule has 4 nitrogen and oxygen atoms in total. The molecule has 112 valence electrons. The minimum absolute atomic E-state index is 0.245. The zero-order valence-corrected chi connectivity index (χ0v) is 12.2. The average molecular weight is 296 g/mol. The second-order valence-electron chi connectivity index (χ2n) is 5.82. The molecule has 0 atom stereocenters. The van der Waals surface area contributed by atoms with Crippen molar-refractivity contribution in [1.82, 2.24) is 15.2 Å². The molecule has 5 heteroatoms. The number of H-pyrrole nitrogens is 1. The lowest BCUT2D eigenvalue weighted by Gasteiger charge is -2.13. The van der Waals surface area contributed by atoms with Gasteiger partial charge in [-0.25, -0.2) is 9.37 Å². The molecule has 0 aliphatic heterocycles. The van der Waals surface area contributed by atoms with Gasteiger partial charge in [0.25, 0.3) is 0 Å². The van der Waals surface area contributed by atoms with E-state index in [-0.39, 0.29) is 5.82 Å². The van der Waals surface area contributed by atoms with Crippen LogP contribution in [0.4, 0.5) is 10.2 Å². The molecule has 0 saturated heterocycles. The van der Waals surface area contributed by atoms with E-state index in [1.54, 1.807) is 12.1 Å². The Morgan fingerprint density at radius 1 is 1.09 bits per heavy atom. The van der Waals surface area contributed by atoms with Crippen molar-refractivity contribution in [2.45, 2.75) is 32.1 Å². The number of aryl methyl sites for hydroxylation is 1. The molecule has 0 spiro atoms. The van der Waals surface area contributed by atoms with Crippen LogP contribution in [0.1, 0.15) is 30.4 Å². The fourth-order valence-corrected chi connectivity index (χ4v) is 3.40. The highest BCUT2D eigenvalue weighted by Gasteiger charge is 2.21. The first-order valence-corrected chi connectivity index (χ1v) is 7.65. The monoisotopic (exact) mass is 296 g/mol. The molecule has 1 aromatic carbocycles. The third kappa shape index (κ3) is 2.04. The van der Waals surface area contributed by atoms with Gasteiger partial charge in [0, 0.05) is 5.56 Å². The van der Waals surface area contributed by atoms with Crippen LogP contribution in [0.15, 0.2) is 24.3 Å². The Morgan fingerprint density at radius 2 is 1.91 bits per heavy atom. The van der Waals surface area contributed by atoms with Gasteiger partial charge in [-0.15, -0.1) is 0 Å². The van der Waals surface area contributed by atoms with Crippen molar-refractivity contribution in [3.05, 3.63) is 41.2 Å². The number of nitrogens with one attached hydrogen (secondary N) is 1. The van der Waals surface area contributed by atoms with Crippen LogP contribution in [0.2, 0.25) is 0 Å². The summed E-state index contributed by atoms with van der Waals surface area (Å²) in [6.45, 7) is 0. The van der Waals surface area contributed by atoms with Crippen LogP contribution in [-0.2, 0) is 12.8 Å². The predicted octanol–water partition coefficient (Wildman–Crippen LogP) is 3.62. The molecular weight excluding hydrogens is 279 g/mol. The van der Waals surface area contributed by atoms with Gasteiger partial charge >= 0.3 is 0 Å². The summed E-state index contributed by atoms with van der Waals surface area (Å²) in [5.74, 6) is 0.261. The Labute approximate surface area is 127 Å². The predicted molar refractivity (Wildman–Crippen MR) is 85.0 cm³/mol. The topological polar surface area (TPSA) is 67.6 Å². The highest BCUT2D eigenvalue weighted by molar-refractivity contribution is 5.92. The van der Waals surface area contributed by atoms with Gasteiger partial charge in [-0.3, -0.25) is 5.10 Å². The van der Waals surface area contributed by atoms with Crippen LogP contribution in [0, 0.1) is 5.82 Å². The van der Waals surface area contributed by atoms with Crippen LogP contribution < -0.4 is 5.73 Å². The SMILES string of the molecule is Nc1n[nH]c2nc(-c3cccc(F)c3)c3c(c12)CCCCC3. The van der Waals surface area contributed by atoms with Crippen molar-refractivity contribution in [2.75, 3.05) is 5.73 Å². The fraction of sp³-hybridized carbons (Fsp3) is 0.294. The van der Waals surface area contributed by atoms with Gasteiger partial charge in [-0.1, -0.05) is 18.6 Å². The number of hydrogen-bond donors (Lipinski definition) is 2. The molecule has 0 amide bonds. The van der Waals surface area contributed by atoms with E-state index in [4.69, 9.17) is 10.7 Å². The van der Waals surface area contributed by atoms with Crippen LogP contribution in [-0.4, -0.2) is 15.2 Å². The van der Waals surface area contributed by atoms with Crippen LogP contribution in [0.25, 0.3) is 22.3 Å². The molecule has 4 rings (SSSR count). The zero-order chi connectivity index (χ0) is 15.1. The minimum atomic E-state index is -0.245. The summed E-state index contributed by atoms with van der Waals surface area (Å²) >= 11 is 0. The quantitative estimate of drug-likeness (QED) is 0.674. The number of anilines is 1. The van der Waals surface area contributed by atoms with Crippen molar-refractivity contribution in [2.24, 2.45) is 0 Å². The molecule has 3 aromatic rings. The molecule has 1 aliphatic carbocycles. The van der Waals surface area contributed by atoms with Crippen LogP contribution >= 0.6 is 0 Å². The van der Waals surface area contributed by atoms with Gasteiger partial charge in [-0.2, -0.15) is 5.10 Å². The normalized spacial score (nSPS) is 14.8. The van der Waals surface area contributed by atoms with Crippen molar-refractivity contribution in [3.8, 4) is 11.3 Å². The highest BCUT2D eigenvalue weighted by atomic mass is 19.1. The van der Waals surface area contributed by atoms with E-state index in [2.05, 4.69) is 10.2 Å². The maximum Gasteiger partial charge on any atom is 0.158 e. The van der Waals surface area contributed by atoms with Gasteiger partial charge in [0.2, 0.25) is 0 Å². The smallest absolute Gasteiger partial charge is 0.158 e. The number of rotatable bonds is 1. The van der Waals surface area contributed by atoms with Crippen molar-refractivity contribution in [3.63, 3.8) is 0 Å². The lowest BCUT2D eigenvalue weighted by Crippen LogP contribution is -2.01. The number of nitrogen functional groups attached to an aromatic ring is 1. The number of aromatic amines is 1. The number of benzene rings is 1. The van der Waals surface area contributed by atoms with E-state index in [9.17, 15) is 4.39 Å². The third-order valence-corrected chi connectivity index (χ3v) is 4.40. The van der Waals surface area contributed by atoms with Crippen LogP contribution in [0.5, 0.6) is 0 Å². The molecule has 22 heavy (non-hydrogen) atoms. The summed E-state index contributed by atoms with van der Waals surface area (Å²) in [5, 5.41) is 7.95. The standard InChI is InChI=1S/C17H17FN4/c18-11-6-4-5-10(9-11)15-13-8-3-1-2-7-12(13)14-16(19)21-22-17(14)20-15/h4-6,9H,1-3,7-8H2,(H3,19,20,21,22). The second kappa shape index (κ2) is 5.09. The number of nitrogens with two attached hydrogens (primary N) is 1. The van der Waals surface area contributed by atoms with E-state index >= 15 is 0 Å². The molecular formula is C17H17FN4. The van der Waals surface area contributed by atoms with Crippen molar-refractivity contribution >= 4 is 16.9 Å². The maximum atomic E-state index is 13.6. The van der Waals surface area contributed by atoms with Gasteiger partial charge in [-0.05, 0) is 48.9 Å². The average Bonchev–Trinajstić information content (AvgIpc) is 2.73. The third-order valence-electron chi connectivity index (χ3n) is 4.40. The Kier molecular flexibility index (Phi) is 3.06. The molecule has 0 fully saturated rings. The first-order valence-electron chi connectivity index (χ1n) is 7.65. The number of nitrogens with zero attached hydrogens (tertiary/aromatic N) is 2. The molecule has 3 N–H and O–H groups in total. The number of aromatic nitrogens is 3. The summed E-state index contributed by atoms with van der Waals surface area (Å²) < 4.78 is 13.6. The molecule has 2 aromatic heterocycles. The lowest BCUT2D eigenvalue weighted by atomic mass is 9.95. The first kappa shape index (κ1) is 13.2. The van der Waals surface area contributed by atoms with Crippen molar-refractivity contribution in [1.29, 1.82) is 0 Å². The highest BCUT2D eigenvalue weighted by Crippen LogP contribution is 2.35. The van der Waals surface area contributed by atoms with E-state index in [0.29, 0.717) is 11.5 Å². The summed E-state index contributed by atoms with van der Waals surface area (Å²) in [6.07, 6.45) is 5.38. The summed E-state index contributed by atoms with van der Waals surface area (Å²) in [4.78, 5) is 4.70. The van der Waals surface area contributed by atoms with Gasteiger partial charge in [0.15, 0.2) is 11.5 Å². The Hall–Kier alpha value is -2.43. The molecule has 0 saturated carbocycles. The van der Waals surface area contributed by atoms with E-state index in [1.807, 2.05) is 6.07 Å². The zero-order valence-electron chi connectivity index (χ0n) is 12.2. The molecule has 2 heterocycles. The second-order valence-corrected chi connectivity index (χ2v) is 5.82. The molecule has 0 unspecified atom stereocenters. The molecule has 0 bridgehead atoms. The van der Waals surface area contributed by atoms with E-state index in [1.165, 1.54) is 23.6 Å². The minimum Gasteiger partial charge on any atom is -0.382 e. The number of pyridine rings is 1. The first-order chi connectivity index (χ1) is 10.7. The van der Waals surface area contributed by atoms with Gasteiger partial charge in [0.1, 0.15) is 5.82 Å². The fourth-order valence-electron chi connectivity index (χ4n) is 3.40. The summed E-state index contributed by atoms with van der Waals surface area (Å²) in [6, 6.07) is 6.62. The van der Waals surface area contributed by atoms with Gasteiger partial charge < -0.3 is 5.73 Å². The summed E-state index contributed by atoms with van der Waals surface area (Å²) in [5.41, 5.74) is 10.8. The van der Waals surface area contributed by atoms with Gasteiger partial charge in [0.05, 0.1) is 11.1 Å². The number of halogens is 1. The maximum absolute atomic E-state index is 13.6. The number of fused-ring (bicyclic) bond motifs is 3. The largest absolute Gasteiger partial charge is 0.382 e. The van der Waals surface area contributed by atoms with Crippen molar-refractivity contribution < 1.29 is 4.39 Å². The lowest BCUT2D eigenvalue weighted by molar-refractivity contribution is 0.628. The summed E-state index contributed by atoms with van der Waals surface area (Å²) in [7, 11) is 0.